The minimum Gasteiger partial charge on any atom is -0.506 e. The van der Waals surface area contributed by atoms with Crippen molar-refractivity contribution in [3.05, 3.63) is 30.0 Å². The van der Waals surface area contributed by atoms with Gasteiger partial charge >= 0.3 is 0 Å². The van der Waals surface area contributed by atoms with Gasteiger partial charge in [-0.2, -0.15) is 0 Å². The first-order chi connectivity index (χ1) is 7.15. The fourth-order valence-electron chi connectivity index (χ4n) is 1.82. The lowest BCUT2D eigenvalue weighted by molar-refractivity contribution is 0.112. The Morgan fingerprint density at radius 2 is 2.13 bits per heavy atom. The van der Waals surface area contributed by atoms with Crippen LogP contribution in [0.3, 0.4) is 0 Å². The zero-order valence-electron chi connectivity index (χ0n) is 8.77. The van der Waals surface area contributed by atoms with E-state index in [2.05, 4.69) is 0 Å². The lowest BCUT2D eigenvalue weighted by Crippen LogP contribution is -1.98. The Hall–Kier alpha value is -1.77. The van der Waals surface area contributed by atoms with Crippen LogP contribution in [-0.2, 0) is 0 Å². The molecule has 0 fully saturated rings. The van der Waals surface area contributed by atoms with E-state index in [4.69, 9.17) is 0 Å². The van der Waals surface area contributed by atoms with Gasteiger partial charge in [-0.25, -0.2) is 0 Å². The largest absolute Gasteiger partial charge is 0.506 e. The van der Waals surface area contributed by atoms with Crippen LogP contribution in [0.2, 0.25) is 0 Å². The van der Waals surface area contributed by atoms with Crippen molar-refractivity contribution in [2.24, 2.45) is 0 Å². The second kappa shape index (κ2) is 3.42. The number of aromatic nitrogens is 1. The van der Waals surface area contributed by atoms with Gasteiger partial charge in [-0.05, 0) is 19.9 Å². The lowest BCUT2D eigenvalue weighted by Gasteiger charge is -2.09. The highest BCUT2D eigenvalue weighted by molar-refractivity contribution is 6.00. The predicted molar refractivity (Wildman–Crippen MR) is 59.4 cm³/mol. The van der Waals surface area contributed by atoms with E-state index in [1.54, 1.807) is 18.3 Å². The summed E-state index contributed by atoms with van der Waals surface area (Å²) in [6.45, 7) is 4.03. The van der Waals surface area contributed by atoms with Gasteiger partial charge in [0.15, 0.2) is 6.29 Å². The van der Waals surface area contributed by atoms with E-state index in [0.717, 1.165) is 17.2 Å². The van der Waals surface area contributed by atoms with Crippen LogP contribution in [0, 0.1) is 0 Å². The molecule has 2 rings (SSSR count). The number of benzene rings is 1. The molecule has 3 heteroatoms. The summed E-state index contributed by atoms with van der Waals surface area (Å²) >= 11 is 0. The number of hydrogen-bond donors (Lipinski definition) is 1. The SMILES string of the molecule is CC(C)n1cc(C=O)c2cccc(O)c21. The Morgan fingerprint density at radius 1 is 1.40 bits per heavy atom. The van der Waals surface area contributed by atoms with Gasteiger partial charge < -0.3 is 9.67 Å². The summed E-state index contributed by atoms with van der Waals surface area (Å²) in [5.74, 6) is 0.217. The molecule has 1 aromatic carbocycles. The Kier molecular flexibility index (Phi) is 2.23. The summed E-state index contributed by atoms with van der Waals surface area (Å²) in [6, 6.07) is 5.44. The highest BCUT2D eigenvalue weighted by Gasteiger charge is 2.12. The van der Waals surface area contributed by atoms with Crippen molar-refractivity contribution in [1.82, 2.24) is 4.57 Å². The van der Waals surface area contributed by atoms with Crippen molar-refractivity contribution in [3.8, 4) is 5.75 Å². The quantitative estimate of drug-likeness (QED) is 0.762. The number of carbonyl (C=O) groups excluding carboxylic acids is 1. The highest BCUT2D eigenvalue weighted by atomic mass is 16.3. The molecule has 0 aliphatic carbocycles. The van der Waals surface area contributed by atoms with Crippen LogP contribution in [0.15, 0.2) is 24.4 Å². The molecule has 15 heavy (non-hydrogen) atoms. The second-order valence-electron chi connectivity index (χ2n) is 3.88. The monoisotopic (exact) mass is 203 g/mol. The van der Waals surface area contributed by atoms with Crippen LogP contribution in [0.1, 0.15) is 30.2 Å². The van der Waals surface area contributed by atoms with E-state index < -0.39 is 0 Å². The maximum Gasteiger partial charge on any atom is 0.152 e. The van der Waals surface area contributed by atoms with E-state index >= 15 is 0 Å². The summed E-state index contributed by atoms with van der Waals surface area (Å²) < 4.78 is 1.91. The van der Waals surface area contributed by atoms with Crippen molar-refractivity contribution in [2.45, 2.75) is 19.9 Å². The summed E-state index contributed by atoms with van der Waals surface area (Å²) in [5, 5.41) is 10.6. The molecule has 0 saturated heterocycles. The second-order valence-corrected chi connectivity index (χ2v) is 3.88. The number of rotatable bonds is 2. The Labute approximate surface area is 87.9 Å². The van der Waals surface area contributed by atoms with E-state index in [1.807, 2.05) is 24.5 Å². The van der Waals surface area contributed by atoms with Crippen LogP contribution in [0.5, 0.6) is 5.75 Å². The Bertz CT molecular complexity index is 512. The summed E-state index contributed by atoms with van der Waals surface area (Å²) in [6.07, 6.45) is 2.60. The lowest BCUT2D eigenvalue weighted by atomic mass is 10.2. The maximum atomic E-state index is 10.9. The predicted octanol–water partition coefficient (Wildman–Crippen LogP) is 2.74. The molecule has 0 aliphatic rings. The molecule has 0 saturated carbocycles. The Balaban J connectivity index is 2.87. The van der Waals surface area contributed by atoms with Gasteiger partial charge in [0.05, 0.1) is 5.52 Å². The van der Waals surface area contributed by atoms with Crippen LogP contribution < -0.4 is 0 Å². The summed E-state index contributed by atoms with van der Waals surface area (Å²) in [5.41, 5.74) is 1.35. The molecule has 0 bridgehead atoms. The molecule has 1 aromatic heterocycles. The van der Waals surface area contributed by atoms with Gasteiger partial charge in [-0.1, -0.05) is 12.1 Å². The van der Waals surface area contributed by atoms with Gasteiger partial charge in [-0.3, -0.25) is 4.79 Å². The first kappa shape index (κ1) is 9.77. The number of aldehydes is 1. The maximum absolute atomic E-state index is 10.9. The van der Waals surface area contributed by atoms with Crippen molar-refractivity contribution in [3.63, 3.8) is 0 Å². The molecule has 1 heterocycles. The van der Waals surface area contributed by atoms with E-state index in [9.17, 15) is 9.90 Å². The summed E-state index contributed by atoms with van der Waals surface area (Å²) in [4.78, 5) is 10.9. The molecule has 1 N–H and O–H groups in total. The summed E-state index contributed by atoms with van der Waals surface area (Å²) in [7, 11) is 0. The number of hydrogen-bond acceptors (Lipinski definition) is 2. The normalized spacial score (nSPS) is 11.1. The van der Waals surface area contributed by atoms with Crippen LogP contribution in [0.4, 0.5) is 0 Å². The van der Waals surface area contributed by atoms with Gasteiger partial charge in [0.25, 0.3) is 0 Å². The molecule has 3 nitrogen and oxygen atoms in total. The number of para-hydroxylation sites is 1. The number of carbonyl (C=O) groups is 1. The van der Waals surface area contributed by atoms with Crippen molar-refractivity contribution < 1.29 is 9.90 Å². The number of fused-ring (bicyclic) bond motifs is 1. The third-order valence-corrected chi connectivity index (χ3v) is 2.55. The zero-order chi connectivity index (χ0) is 11.0. The average molecular weight is 203 g/mol. The molecule has 0 unspecified atom stereocenters. The molecular weight excluding hydrogens is 190 g/mol. The minimum atomic E-state index is 0.217. The van der Waals surface area contributed by atoms with E-state index in [1.165, 1.54) is 0 Å². The highest BCUT2D eigenvalue weighted by Crippen LogP contribution is 2.30. The number of nitrogens with zero attached hydrogens (tertiary/aromatic N) is 1. The third-order valence-electron chi connectivity index (χ3n) is 2.55. The number of aromatic hydroxyl groups is 1. The van der Waals surface area contributed by atoms with Crippen molar-refractivity contribution in [1.29, 1.82) is 0 Å². The molecular formula is C12H13NO2. The van der Waals surface area contributed by atoms with Crippen molar-refractivity contribution in [2.75, 3.05) is 0 Å². The third kappa shape index (κ3) is 1.40. The average Bonchev–Trinajstić information content (AvgIpc) is 2.58. The molecule has 0 spiro atoms. The minimum absolute atomic E-state index is 0.217. The van der Waals surface area contributed by atoms with Gasteiger partial charge in [0.2, 0.25) is 0 Å². The van der Waals surface area contributed by atoms with Gasteiger partial charge in [-0.15, -0.1) is 0 Å². The topological polar surface area (TPSA) is 42.2 Å². The zero-order valence-corrected chi connectivity index (χ0v) is 8.77. The van der Waals surface area contributed by atoms with Crippen molar-refractivity contribution >= 4 is 17.2 Å². The Morgan fingerprint density at radius 3 is 2.73 bits per heavy atom. The van der Waals surface area contributed by atoms with Crippen LogP contribution >= 0.6 is 0 Å². The number of phenols is 1. The van der Waals surface area contributed by atoms with Gasteiger partial charge in [0, 0.05) is 23.2 Å². The number of phenolic OH excluding ortho intramolecular Hbond substituents is 1. The fraction of sp³-hybridized carbons (Fsp3) is 0.250. The first-order valence-electron chi connectivity index (χ1n) is 4.93. The molecule has 78 valence electrons. The fourth-order valence-corrected chi connectivity index (χ4v) is 1.82. The smallest absolute Gasteiger partial charge is 0.152 e. The van der Waals surface area contributed by atoms with Crippen LogP contribution in [0.25, 0.3) is 10.9 Å². The van der Waals surface area contributed by atoms with Crippen LogP contribution in [-0.4, -0.2) is 16.0 Å². The standard InChI is InChI=1S/C12H13NO2/c1-8(2)13-6-9(7-14)10-4-3-5-11(15)12(10)13/h3-8,15H,1-2H3. The molecule has 0 amide bonds. The van der Waals surface area contributed by atoms with E-state index in [-0.39, 0.29) is 11.8 Å². The molecule has 2 aromatic rings. The van der Waals surface area contributed by atoms with E-state index in [0.29, 0.717) is 5.56 Å². The molecule has 0 radical (unpaired) electrons. The van der Waals surface area contributed by atoms with Gasteiger partial charge in [0.1, 0.15) is 5.75 Å². The molecule has 0 atom stereocenters. The first-order valence-corrected chi connectivity index (χ1v) is 4.93. The molecule has 0 aliphatic heterocycles.